The van der Waals surface area contributed by atoms with Crippen molar-refractivity contribution in [2.75, 3.05) is 6.54 Å². The number of amides is 1. The number of benzene rings is 1. The Morgan fingerprint density at radius 2 is 2.07 bits per heavy atom. The number of fused-ring (bicyclic) bond motifs is 1. The molecule has 3 heterocycles. The second-order valence-corrected chi connectivity index (χ2v) is 7.15. The molecule has 0 saturated heterocycles. The van der Waals surface area contributed by atoms with Gasteiger partial charge in [0.25, 0.3) is 5.91 Å². The summed E-state index contributed by atoms with van der Waals surface area (Å²) in [5.74, 6) is -0.385. The summed E-state index contributed by atoms with van der Waals surface area (Å²) >= 11 is 5.91. The summed E-state index contributed by atoms with van der Waals surface area (Å²) in [6.07, 6.45) is -4.60. The highest BCUT2D eigenvalue weighted by molar-refractivity contribution is 6.30. The Hall–Kier alpha value is -3.01. The molecule has 1 unspecified atom stereocenters. The number of hydrogen-bond donors (Lipinski definition) is 0. The van der Waals surface area contributed by atoms with Gasteiger partial charge in [-0.1, -0.05) is 17.7 Å². The lowest BCUT2D eigenvalue weighted by Gasteiger charge is -2.33. The Balaban J connectivity index is 1.46. The van der Waals surface area contributed by atoms with Crippen LogP contribution in [0.15, 0.2) is 40.8 Å². The van der Waals surface area contributed by atoms with Crippen molar-refractivity contribution in [1.82, 2.24) is 19.7 Å². The first kappa shape index (κ1) is 20.3. The molecule has 158 valence electrons. The van der Waals surface area contributed by atoms with Crippen molar-refractivity contribution >= 4 is 17.5 Å². The van der Waals surface area contributed by atoms with Gasteiger partial charge in [0.2, 0.25) is 5.82 Å². The Morgan fingerprint density at radius 3 is 2.80 bits per heavy atom. The van der Waals surface area contributed by atoms with Crippen LogP contribution in [0.25, 0.3) is 0 Å². The average molecular weight is 441 g/mol. The van der Waals surface area contributed by atoms with Crippen LogP contribution in [0.5, 0.6) is 5.75 Å². The maximum absolute atomic E-state index is 13.0. The lowest BCUT2D eigenvalue weighted by atomic mass is 10.2. The third-order valence-electron chi connectivity index (χ3n) is 4.75. The Labute approximate surface area is 174 Å². The van der Waals surface area contributed by atoms with Crippen LogP contribution in [-0.2, 0) is 19.3 Å². The fourth-order valence-corrected chi connectivity index (χ4v) is 3.48. The van der Waals surface area contributed by atoms with Gasteiger partial charge in [-0.25, -0.2) is 0 Å². The number of furan rings is 1. The minimum absolute atomic E-state index is 0.0568. The number of halogens is 4. The molecule has 11 heteroatoms. The van der Waals surface area contributed by atoms with Crippen molar-refractivity contribution in [1.29, 1.82) is 0 Å². The van der Waals surface area contributed by atoms with Crippen LogP contribution in [0.4, 0.5) is 13.2 Å². The molecule has 0 N–H and O–H groups in total. The monoisotopic (exact) mass is 440 g/mol. The van der Waals surface area contributed by atoms with Gasteiger partial charge in [-0.3, -0.25) is 4.79 Å². The largest absolute Gasteiger partial charge is 0.486 e. The van der Waals surface area contributed by atoms with Crippen molar-refractivity contribution in [2.45, 2.75) is 32.3 Å². The van der Waals surface area contributed by atoms with E-state index in [1.807, 2.05) is 0 Å². The van der Waals surface area contributed by atoms with E-state index in [2.05, 4.69) is 10.2 Å². The first-order chi connectivity index (χ1) is 14.2. The topological polar surface area (TPSA) is 73.4 Å². The highest BCUT2D eigenvalue weighted by Crippen LogP contribution is 2.33. The first-order valence-corrected chi connectivity index (χ1v) is 9.40. The number of rotatable bonds is 4. The smallest absolute Gasteiger partial charge is 0.451 e. The number of nitrogens with zero attached hydrogens (tertiary/aromatic N) is 4. The molecule has 1 aliphatic heterocycles. The van der Waals surface area contributed by atoms with E-state index in [1.54, 1.807) is 37.3 Å². The van der Waals surface area contributed by atoms with Gasteiger partial charge in [0.1, 0.15) is 18.1 Å². The number of alkyl halides is 3. The lowest BCUT2D eigenvalue weighted by molar-refractivity contribution is -0.148. The zero-order chi connectivity index (χ0) is 21.5. The number of carbonyl (C=O) groups excluding carboxylic acids is 1. The third-order valence-corrected chi connectivity index (χ3v) is 4.98. The SMILES string of the molecule is CC1c2nnc(C(F)(F)F)n2CCN1C(=O)c1ccc(COc2cccc(Cl)c2)o1. The van der Waals surface area contributed by atoms with Gasteiger partial charge < -0.3 is 18.6 Å². The second kappa shape index (κ2) is 7.67. The van der Waals surface area contributed by atoms with E-state index in [0.717, 1.165) is 4.57 Å². The molecule has 2 aromatic heterocycles. The van der Waals surface area contributed by atoms with Gasteiger partial charge >= 0.3 is 6.18 Å². The summed E-state index contributed by atoms with van der Waals surface area (Å²) in [6, 6.07) is 9.28. The summed E-state index contributed by atoms with van der Waals surface area (Å²) in [6.45, 7) is 1.71. The van der Waals surface area contributed by atoms with E-state index in [4.69, 9.17) is 20.8 Å². The number of aromatic nitrogens is 3. The Kier molecular flexibility index (Phi) is 5.19. The molecular weight excluding hydrogens is 425 g/mol. The maximum atomic E-state index is 13.0. The van der Waals surface area contributed by atoms with E-state index < -0.39 is 23.9 Å². The summed E-state index contributed by atoms with van der Waals surface area (Å²) in [7, 11) is 0. The first-order valence-electron chi connectivity index (χ1n) is 9.02. The van der Waals surface area contributed by atoms with Gasteiger partial charge in [-0.2, -0.15) is 13.2 Å². The van der Waals surface area contributed by atoms with Crippen molar-refractivity contribution < 1.29 is 27.1 Å². The van der Waals surface area contributed by atoms with Crippen LogP contribution in [0.3, 0.4) is 0 Å². The summed E-state index contributed by atoms with van der Waals surface area (Å²) in [5, 5.41) is 7.42. The van der Waals surface area contributed by atoms with Crippen molar-refractivity contribution in [3.63, 3.8) is 0 Å². The van der Waals surface area contributed by atoms with Crippen LogP contribution < -0.4 is 4.74 Å². The minimum atomic E-state index is -4.60. The van der Waals surface area contributed by atoms with Crippen LogP contribution in [-0.4, -0.2) is 32.1 Å². The molecule has 1 aromatic carbocycles. The van der Waals surface area contributed by atoms with E-state index in [-0.39, 0.29) is 31.3 Å². The molecule has 0 fully saturated rings. The quantitative estimate of drug-likeness (QED) is 0.603. The summed E-state index contributed by atoms with van der Waals surface area (Å²) in [5.41, 5.74) is 0. The normalized spacial score (nSPS) is 16.4. The van der Waals surface area contributed by atoms with Crippen molar-refractivity contribution in [2.24, 2.45) is 0 Å². The maximum Gasteiger partial charge on any atom is 0.451 e. The highest BCUT2D eigenvalue weighted by atomic mass is 35.5. The van der Waals surface area contributed by atoms with Crippen molar-refractivity contribution in [3.8, 4) is 5.75 Å². The molecule has 7 nitrogen and oxygen atoms in total. The van der Waals surface area contributed by atoms with Gasteiger partial charge in [-0.05, 0) is 37.3 Å². The fraction of sp³-hybridized carbons (Fsp3) is 0.316. The Morgan fingerprint density at radius 1 is 1.27 bits per heavy atom. The molecule has 0 spiro atoms. The van der Waals surface area contributed by atoms with E-state index in [1.165, 1.54) is 11.0 Å². The molecule has 30 heavy (non-hydrogen) atoms. The Bertz CT molecular complexity index is 1080. The van der Waals surface area contributed by atoms with Gasteiger partial charge in [0.05, 0.1) is 6.04 Å². The van der Waals surface area contributed by atoms with Gasteiger partial charge in [-0.15, -0.1) is 10.2 Å². The van der Waals surface area contributed by atoms with E-state index in [0.29, 0.717) is 16.5 Å². The molecule has 0 aliphatic carbocycles. The molecule has 0 radical (unpaired) electrons. The molecule has 0 saturated carbocycles. The summed E-state index contributed by atoms with van der Waals surface area (Å²) < 4.78 is 51.3. The van der Waals surface area contributed by atoms with E-state index in [9.17, 15) is 18.0 Å². The predicted octanol–water partition coefficient (Wildman–Crippen LogP) is 4.34. The highest BCUT2D eigenvalue weighted by Gasteiger charge is 2.42. The molecule has 4 rings (SSSR count). The molecule has 0 bridgehead atoms. The third kappa shape index (κ3) is 3.87. The number of ether oxygens (including phenoxy) is 1. The van der Waals surface area contributed by atoms with Crippen LogP contribution >= 0.6 is 11.6 Å². The number of hydrogen-bond acceptors (Lipinski definition) is 5. The van der Waals surface area contributed by atoms with E-state index >= 15 is 0 Å². The molecule has 1 amide bonds. The molecule has 3 aromatic rings. The lowest BCUT2D eigenvalue weighted by Crippen LogP contribution is -2.41. The zero-order valence-corrected chi connectivity index (χ0v) is 16.4. The molecular formula is C19H16ClF3N4O3. The zero-order valence-electron chi connectivity index (χ0n) is 15.7. The second-order valence-electron chi connectivity index (χ2n) is 6.72. The van der Waals surface area contributed by atoms with Crippen LogP contribution in [0.2, 0.25) is 5.02 Å². The number of carbonyl (C=O) groups is 1. The van der Waals surface area contributed by atoms with Gasteiger partial charge in [0, 0.05) is 18.1 Å². The van der Waals surface area contributed by atoms with Crippen LogP contribution in [0.1, 0.15) is 40.9 Å². The molecule has 1 atom stereocenters. The minimum Gasteiger partial charge on any atom is -0.486 e. The fourth-order valence-electron chi connectivity index (χ4n) is 3.30. The van der Waals surface area contributed by atoms with Crippen LogP contribution in [0, 0.1) is 0 Å². The van der Waals surface area contributed by atoms with Crippen molar-refractivity contribution in [3.05, 3.63) is 64.6 Å². The van der Waals surface area contributed by atoms with Gasteiger partial charge in [0.15, 0.2) is 11.6 Å². The average Bonchev–Trinajstić information content (AvgIpc) is 3.33. The standard InChI is InChI=1S/C19H16ClF3N4O3/c1-11-16-24-25-18(19(21,22)23)27(16)8-7-26(11)17(28)15-6-5-14(30-15)10-29-13-4-2-3-12(20)9-13/h2-6,9,11H,7-8,10H2,1H3. The summed E-state index contributed by atoms with van der Waals surface area (Å²) in [4.78, 5) is 14.3. The predicted molar refractivity (Wildman–Crippen MR) is 99.0 cm³/mol. The molecule has 1 aliphatic rings.